The minimum absolute atomic E-state index is 0.631. The number of fused-ring (bicyclic) bond motifs is 2. The first-order valence-corrected chi connectivity index (χ1v) is 9.86. The van der Waals surface area contributed by atoms with Gasteiger partial charge in [0.1, 0.15) is 0 Å². The number of hydrogen-bond acceptors (Lipinski definition) is 1. The van der Waals surface area contributed by atoms with E-state index in [2.05, 4.69) is 26.1 Å². The van der Waals surface area contributed by atoms with E-state index in [9.17, 15) is 0 Å². The minimum Gasteiger partial charge on any atom is -0.314 e. The highest BCUT2D eigenvalue weighted by atomic mass is 14.9. The van der Waals surface area contributed by atoms with Crippen molar-refractivity contribution in [3.8, 4) is 0 Å². The maximum Gasteiger partial charge on any atom is 0.0126 e. The summed E-state index contributed by atoms with van der Waals surface area (Å²) in [6.45, 7) is 8.33. The summed E-state index contributed by atoms with van der Waals surface area (Å²) in [4.78, 5) is 0. The molecular weight excluding hydrogens is 254 g/mol. The second-order valence-electron chi connectivity index (χ2n) is 8.95. The lowest BCUT2D eigenvalue weighted by atomic mass is 9.68. The molecule has 1 nitrogen and oxygen atoms in total. The maximum atomic E-state index is 3.96. The van der Waals surface area contributed by atoms with Crippen LogP contribution in [0.3, 0.4) is 0 Å². The van der Waals surface area contributed by atoms with E-state index in [1.54, 1.807) is 25.7 Å². The lowest BCUT2D eigenvalue weighted by molar-refractivity contribution is 0.122. The third kappa shape index (κ3) is 3.33. The predicted octanol–water partition coefficient (Wildman–Crippen LogP) is 5.40. The fourth-order valence-electron chi connectivity index (χ4n) is 6.35. The van der Waals surface area contributed by atoms with Crippen LogP contribution in [-0.2, 0) is 0 Å². The fraction of sp³-hybridized carbons (Fsp3) is 1.00. The van der Waals surface area contributed by atoms with Gasteiger partial charge < -0.3 is 5.32 Å². The normalized spacial score (nSPS) is 35.7. The summed E-state index contributed by atoms with van der Waals surface area (Å²) in [7, 11) is 0. The molecule has 3 aliphatic carbocycles. The molecule has 0 aromatic carbocycles. The van der Waals surface area contributed by atoms with Crippen molar-refractivity contribution in [1.29, 1.82) is 0 Å². The van der Waals surface area contributed by atoms with Gasteiger partial charge in [-0.05, 0) is 80.6 Å². The third-order valence-electron chi connectivity index (χ3n) is 7.03. The molecule has 4 atom stereocenters. The van der Waals surface area contributed by atoms with E-state index in [0.29, 0.717) is 5.41 Å². The molecule has 3 rings (SSSR count). The van der Waals surface area contributed by atoms with E-state index in [0.717, 1.165) is 36.3 Å². The van der Waals surface area contributed by atoms with E-state index >= 15 is 0 Å². The summed E-state index contributed by atoms with van der Waals surface area (Å²) >= 11 is 0. The van der Waals surface area contributed by atoms with Crippen LogP contribution in [0.5, 0.6) is 0 Å². The number of hydrogen-bond donors (Lipinski definition) is 1. The van der Waals surface area contributed by atoms with E-state index < -0.39 is 0 Å². The average molecular weight is 292 g/mol. The van der Waals surface area contributed by atoms with Gasteiger partial charge in [0.25, 0.3) is 0 Å². The summed E-state index contributed by atoms with van der Waals surface area (Å²) < 4.78 is 0. The number of rotatable bonds is 7. The largest absolute Gasteiger partial charge is 0.314 e. The Bertz CT molecular complexity index is 329. The van der Waals surface area contributed by atoms with Crippen LogP contribution in [-0.4, -0.2) is 12.6 Å². The van der Waals surface area contributed by atoms with Gasteiger partial charge in [-0.1, -0.05) is 40.0 Å². The lowest BCUT2D eigenvalue weighted by Gasteiger charge is -2.42. The minimum atomic E-state index is 0.631. The Hall–Kier alpha value is -0.0400. The van der Waals surface area contributed by atoms with Gasteiger partial charge in [-0.15, -0.1) is 0 Å². The molecule has 3 saturated carbocycles. The second kappa shape index (κ2) is 6.60. The molecule has 122 valence electrons. The first-order chi connectivity index (χ1) is 10.1. The lowest BCUT2D eigenvalue weighted by Crippen LogP contribution is -2.46. The molecule has 0 heterocycles. The van der Waals surface area contributed by atoms with Crippen molar-refractivity contribution in [2.45, 2.75) is 91.0 Å². The van der Waals surface area contributed by atoms with Gasteiger partial charge in [-0.25, -0.2) is 0 Å². The van der Waals surface area contributed by atoms with Gasteiger partial charge in [0.15, 0.2) is 0 Å². The third-order valence-corrected chi connectivity index (χ3v) is 7.03. The predicted molar refractivity (Wildman–Crippen MR) is 91.4 cm³/mol. The maximum absolute atomic E-state index is 3.96. The summed E-state index contributed by atoms with van der Waals surface area (Å²) in [5, 5.41) is 3.96. The van der Waals surface area contributed by atoms with Crippen LogP contribution in [0.1, 0.15) is 85.0 Å². The zero-order valence-corrected chi connectivity index (χ0v) is 14.7. The SMILES string of the molecule is CCNC(CC1CC2CCC1C2)C1(CC(C)C)CCCC1. The topological polar surface area (TPSA) is 12.0 Å². The summed E-state index contributed by atoms with van der Waals surface area (Å²) in [5.74, 6) is 4.10. The van der Waals surface area contributed by atoms with Crippen LogP contribution in [0, 0.1) is 29.1 Å². The second-order valence-corrected chi connectivity index (χ2v) is 8.95. The van der Waals surface area contributed by atoms with E-state index in [-0.39, 0.29) is 0 Å². The van der Waals surface area contributed by atoms with Crippen molar-refractivity contribution in [2.24, 2.45) is 29.1 Å². The molecule has 1 heteroatoms. The summed E-state index contributed by atoms with van der Waals surface area (Å²) in [6, 6.07) is 0.803. The fourth-order valence-corrected chi connectivity index (χ4v) is 6.35. The van der Waals surface area contributed by atoms with E-state index in [4.69, 9.17) is 0 Å². The van der Waals surface area contributed by atoms with Crippen LogP contribution in [0.4, 0.5) is 0 Å². The standard InChI is InChI=1S/C20H37N/c1-4-21-19(13-18-12-16-7-8-17(18)11-16)20(14-15(2)3)9-5-6-10-20/h15-19,21H,4-14H2,1-3H3. The smallest absolute Gasteiger partial charge is 0.0126 e. The molecule has 0 saturated heterocycles. The Morgan fingerprint density at radius 3 is 2.38 bits per heavy atom. The highest BCUT2D eigenvalue weighted by Crippen LogP contribution is 2.53. The van der Waals surface area contributed by atoms with Crippen LogP contribution >= 0.6 is 0 Å². The summed E-state index contributed by atoms with van der Waals surface area (Å²) in [6.07, 6.45) is 15.1. The van der Waals surface area contributed by atoms with Crippen molar-refractivity contribution < 1.29 is 0 Å². The van der Waals surface area contributed by atoms with Gasteiger partial charge in [-0.3, -0.25) is 0 Å². The van der Waals surface area contributed by atoms with Gasteiger partial charge in [-0.2, -0.15) is 0 Å². The van der Waals surface area contributed by atoms with Crippen LogP contribution < -0.4 is 5.32 Å². The Labute approximate surface area is 132 Å². The molecule has 0 spiro atoms. The monoisotopic (exact) mass is 291 g/mol. The molecule has 4 unspecified atom stereocenters. The summed E-state index contributed by atoms with van der Waals surface area (Å²) in [5.41, 5.74) is 0.631. The average Bonchev–Trinajstić information content (AvgIpc) is 3.14. The molecule has 0 radical (unpaired) electrons. The highest BCUT2D eigenvalue weighted by Gasteiger charge is 2.45. The molecule has 0 aromatic heterocycles. The van der Waals surface area contributed by atoms with Crippen molar-refractivity contribution in [1.82, 2.24) is 5.32 Å². The van der Waals surface area contributed by atoms with Crippen molar-refractivity contribution in [2.75, 3.05) is 6.54 Å². The quantitative estimate of drug-likeness (QED) is 0.662. The molecular formula is C20H37N. The van der Waals surface area contributed by atoms with Crippen LogP contribution in [0.2, 0.25) is 0 Å². The number of nitrogens with one attached hydrogen (secondary N) is 1. The first kappa shape index (κ1) is 15.8. The highest BCUT2D eigenvalue weighted by molar-refractivity contribution is 4.99. The molecule has 2 bridgehead atoms. The first-order valence-electron chi connectivity index (χ1n) is 9.86. The van der Waals surface area contributed by atoms with Crippen molar-refractivity contribution >= 4 is 0 Å². The van der Waals surface area contributed by atoms with E-state index in [1.165, 1.54) is 38.5 Å². The van der Waals surface area contributed by atoms with Gasteiger partial charge in [0.05, 0.1) is 0 Å². The molecule has 0 aliphatic heterocycles. The molecule has 3 aliphatic rings. The van der Waals surface area contributed by atoms with Gasteiger partial charge in [0.2, 0.25) is 0 Å². The van der Waals surface area contributed by atoms with Gasteiger partial charge >= 0.3 is 0 Å². The molecule has 21 heavy (non-hydrogen) atoms. The zero-order valence-electron chi connectivity index (χ0n) is 14.7. The molecule has 0 amide bonds. The van der Waals surface area contributed by atoms with Gasteiger partial charge in [0, 0.05) is 6.04 Å². The Morgan fingerprint density at radius 1 is 1.10 bits per heavy atom. The molecule has 3 fully saturated rings. The van der Waals surface area contributed by atoms with E-state index in [1.807, 2.05) is 0 Å². The zero-order chi connectivity index (χ0) is 14.9. The van der Waals surface area contributed by atoms with Crippen molar-refractivity contribution in [3.63, 3.8) is 0 Å². The Kier molecular flexibility index (Phi) is 4.98. The Morgan fingerprint density at radius 2 is 1.86 bits per heavy atom. The van der Waals surface area contributed by atoms with Crippen LogP contribution in [0.25, 0.3) is 0 Å². The molecule has 0 aromatic rings. The Balaban J connectivity index is 1.69. The van der Waals surface area contributed by atoms with Crippen LogP contribution in [0.15, 0.2) is 0 Å². The molecule has 1 N–H and O–H groups in total. The van der Waals surface area contributed by atoms with Crippen molar-refractivity contribution in [3.05, 3.63) is 0 Å².